The summed E-state index contributed by atoms with van der Waals surface area (Å²) < 4.78 is 10.8. The van der Waals surface area contributed by atoms with E-state index in [4.69, 9.17) is 9.47 Å². The van der Waals surface area contributed by atoms with Crippen LogP contribution in [0, 0.1) is 0 Å². The van der Waals surface area contributed by atoms with Crippen molar-refractivity contribution in [1.82, 2.24) is 10.2 Å². The molecule has 0 unspecified atom stereocenters. The van der Waals surface area contributed by atoms with Crippen LogP contribution < -0.4 is 5.32 Å². The summed E-state index contributed by atoms with van der Waals surface area (Å²) >= 11 is 0. The van der Waals surface area contributed by atoms with E-state index in [-0.39, 0.29) is 12.0 Å². The van der Waals surface area contributed by atoms with Crippen molar-refractivity contribution in [3.05, 3.63) is 35.4 Å². The first kappa shape index (κ1) is 17.9. The zero-order valence-electron chi connectivity index (χ0n) is 14.2. The van der Waals surface area contributed by atoms with E-state index < -0.39 is 0 Å². The molecule has 1 amide bonds. The van der Waals surface area contributed by atoms with Gasteiger partial charge in [-0.05, 0) is 38.0 Å². The topological polar surface area (TPSA) is 50.8 Å². The molecule has 23 heavy (non-hydrogen) atoms. The summed E-state index contributed by atoms with van der Waals surface area (Å²) in [4.78, 5) is 14.6. The summed E-state index contributed by atoms with van der Waals surface area (Å²) in [5.74, 6) is -0.0154. The highest BCUT2D eigenvalue weighted by Gasteiger charge is 2.12. The van der Waals surface area contributed by atoms with Gasteiger partial charge in [0.1, 0.15) is 0 Å². The number of nitrogens with one attached hydrogen (secondary N) is 1. The van der Waals surface area contributed by atoms with Crippen molar-refractivity contribution in [2.24, 2.45) is 0 Å². The summed E-state index contributed by atoms with van der Waals surface area (Å²) in [6.07, 6.45) is 1.07. The molecule has 1 saturated heterocycles. The maximum Gasteiger partial charge on any atom is 0.251 e. The van der Waals surface area contributed by atoms with Crippen LogP contribution in [0.3, 0.4) is 0 Å². The van der Waals surface area contributed by atoms with Crippen molar-refractivity contribution >= 4 is 5.91 Å². The van der Waals surface area contributed by atoms with Crippen LogP contribution in [0.1, 0.15) is 36.2 Å². The van der Waals surface area contributed by atoms with Gasteiger partial charge < -0.3 is 14.8 Å². The summed E-state index contributed by atoms with van der Waals surface area (Å²) in [6.45, 7) is 9.69. The van der Waals surface area contributed by atoms with Gasteiger partial charge in [0.15, 0.2) is 0 Å². The van der Waals surface area contributed by atoms with E-state index in [1.807, 2.05) is 32.0 Å². The Labute approximate surface area is 139 Å². The standard InChI is InChI=1S/C18H28N2O3/c1-15(2)23-10-4-7-19-18(21)17-6-3-5-16(13-17)14-20-8-11-22-12-9-20/h3,5-6,13,15H,4,7-12,14H2,1-2H3,(H,19,21). The second-order valence-corrected chi connectivity index (χ2v) is 6.12. The molecule has 1 aromatic rings. The smallest absolute Gasteiger partial charge is 0.251 e. The number of benzene rings is 1. The van der Waals surface area contributed by atoms with Crippen LogP contribution in [0.5, 0.6) is 0 Å². The maximum atomic E-state index is 12.2. The lowest BCUT2D eigenvalue weighted by Gasteiger charge is -2.26. The molecule has 5 nitrogen and oxygen atoms in total. The molecular weight excluding hydrogens is 292 g/mol. The highest BCUT2D eigenvalue weighted by atomic mass is 16.5. The third-order valence-electron chi connectivity index (χ3n) is 3.76. The van der Waals surface area contributed by atoms with Crippen LogP contribution >= 0.6 is 0 Å². The second-order valence-electron chi connectivity index (χ2n) is 6.12. The van der Waals surface area contributed by atoms with Crippen LogP contribution in [0.4, 0.5) is 0 Å². The second kappa shape index (κ2) is 9.65. The number of morpholine rings is 1. The van der Waals surface area contributed by atoms with Crippen LogP contribution in [0.2, 0.25) is 0 Å². The summed E-state index contributed by atoms with van der Waals surface area (Å²) in [6, 6.07) is 7.87. The molecule has 0 bridgehead atoms. The Kier molecular flexibility index (Phi) is 7.52. The molecule has 1 aromatic carbocycles. The Morgan fingerprint density at radius 1 is 1.35 bits per heavy atom. The summed E-state index contributed by atoms with van der Waals surface area (Å²) in [5.41, 5.74) is 1.89. The Balaban J connectivity index is 1.77. The maximum absolute atomic E-state index is 12.2. The molecule has 0 aliphatic carbocycles. The van der Waals surface area contributed by atoms with Crippen molar-refractivity contribution in [3.63, 3.8) is 0 Å². The van der Waals surface area contributed by atoms with Crippen LogP contribution in [0.25, 0.3) is 0 Å². The lowest BCUT2D eigenvalue weighted by Crippen LogP contribution is -2.35. The minimum atomic E-state index is -0.0154. The average Bonchev–Trinajstić information content (AvgIpc) is 2.55. The monoisotopic (exact) mass is 320 g/mol. The molecule has 1 N–H and O–H groups in total. The van der Waals surface area contributed by atoms with Gasteiger partial charge in [-0.1, -0.05) is 12.1 Å². The van der Waals surface area contributed by atoms with Crippen LogP contribution in [0.15, 0.2) is 24.3 Å². The molecule has 1 heterocycles. The van der Waals surface area contributed by atoms with E-state index in [9.17, 15) is 4.79 Å². The van der Waals surface area contributed by atoms with E-state index in [1.54, 1.807) is 0 Å². The fourth-order valence-electron chi connectivity index (χ4n) is 2.52. The average molecular weight is 320 g/mol. The number of carbonyl (C=O) groups is 1. The van der Waals surface area contributed by atoms with Crippen molar-refractivity contribution < 1.29 is 14.3 Å². The highest BCUT2D eigenvalue weighted by Crippen LogP contribution is 2.10. The van der Waals surface area contributed by atoms with E-state index in [2.05, 4.69) is 16.3 Å². The van der Waals surface area contributed by atoms with Gasteiger partial charge >= 0.3 is 0 Å². The molecule has 0 spiro atoms. The summed E-state index contributed by atoms with van der Waals surface area (Å²) in [5, 5.41) is 2.95. The van der Waals surface area contributed by atoms with Crippen molar-refractivity contribution in [2.75, 3.05) is 39.5 Å². The molecule has 1 aliphatic rings. The molecular formula is C18H28N2O3. The highest BCUT2D eigenvalue weighted by molar-refractivity contribution is 5.94. The molecule has 0 atom stereocenters. The van der Waals surface area contributed by atoms with E-state index >= 15 is 0 Å². The number of carbonyl (C=O) groups excluding carboxylic acids is 1. The van der Waals surface area contributed by atoms with Gasteiger partial charge in [-0.15, -0.1) is 0 Å². The number of ether oxygens (including phenoxy) is 2. The largest absolute Gasteiger partial charge is 0.379 e. The minimum absolute atomic E-state index is 0.0154. The Bertz CT molecular complexity index is 485. The number of hydrogen-bond donors (Lipinski definition) is 1. The van der Waals surface area contributed by atoms with Crippen LogP contribution in [-0.2, 0) is 16.0 Å². The summed E-state index contributed by atoms with van der Waals surface area (Å²) in [7, 11) is 0. The lowest BCUT2D eigenvalue weighted by molar-refractivity contribution is 0.0342. The van der Waals surface area contributed by atoms with Gasteiger partial charge in [-0.25, -0.2) is 0 Å². The molecule has 2 rings (SSSR count). The predicted molar refractivity (Wildman–Crippen MR) is 90.6 cm³/mol. The van der Waals surface area contributed by atoms with Crippen LogP contribution in [-0.4, -0.2) is 56.4 Å². The molecule has 0 radical (unpaired) electrons. The molecule has 5 heteroatoms. The number of nitrogens with zero attached hydrogens (tertiary/aromatic N) is 1. The first-order valence-electron chi connectivity index (χ1n) is 8.44. The third-order valence-corrected chi connectivity index (χ3v) is 3.76. The zero-order chi connectivity index (χ0) is 16.5. The first-order valence-corrected chi connectivity index (χ1v) is 8.44. The first-order chi connectivity index (χ1) is 11.1. The number of rotatable bonds is 8. The Morgan fingerprint density at radius 3 is 2.87 bits per heavy atom. The zero-order valence-corrected chi connectivity index (χ0v) is 14.2. The fourth-order valence-corrected chi connectivity index (χ4v) is 2.52. The molecule has 1 fully saturated rings. The van der Waals surface area contributed by atoms with Crippen molar-refractivity contribution in [3.8, 4) is 0 Å². The van der Waals surface area contributed by atoms with E-state index in [0.29, 0.717) is 13.2 Å². The van der Waals surface area contributed by atoms with E-state index in [0.717, 1.165) is 44.8 Å². The number of amides is 1. The molecule has 0 aromatic heterocycles. The molecule has 128 valence electrons. The number of hydrogen-bond acceptors (Lipinski definition) is 4. The molecule has 0 saturated carbocycles. The lowest BCUT2D eigenvalue weighted by atomic mass is 10.1. The fraction of sp³-hybridized carbons (Fsp3) is 0.611. The van der Waals surface area contributed by atoms with Gasteiger partial charge in [0.2, 0.25) is 0 Å². The Hall–Kier alpha value is -1.43. The van der Waals surface area contributed by atoms with Gasteiger partial charge in [-0.3, -0.25) is 9.69 Å². The van der Waals surface area contributed by atoms with Gasteiger partial charge in [0.05, 0.1) is 19.3 Å². The van der Waals surface area contributed by atoms with Gasteiger partial charge in [0, 0.05) is 38.3 Å². The quantitative estimate of drug-likeness (QED) is 0.745. The van der Waals surface area contributed by atoms with Crippen molar-refractivity contribution in [2.45, 2.75) is 32.9 Å². The third kappa shape index (κ3) is 6.69. The SMILES string of the molecule is CC(C)OCCCNC(=O)c1cccc(CN2CCOCC2)c1. The molecule has 1 aliphatic heterocycles. The van der Waals surface area contributed by atoms with Gasteiger partial charge in [0.25, 0.3) is 5.91 Å². The van der Waals surface area contributed by atoms with Crippen molar-refractivity contribution in [1.29, 1.82) is 0 Å². The normalized spacial score (nSPS) is 15.8. The van der Waals surface area contributed by atoms with E-state index in [1.165, 1.54) is 5.56 Å². The Morgan fingerprint density at radius 2 is 2.13 bits per heavy atom. The van der Waals surface area contributed by atoms with Gasteiger partial charge in [-0.2, -0.15) is 0 Å². The minimum Gasteiger partial charge on any atom is -0.379 e. The predicted octanol–water partition coefficient (Wildman–Crippen LogP) is 2.06.